The van der Waals surface area contributed by atoms with E-state index in [4.69, 9.17) is 5.73 Å². The average Bonchev–Trinajstić information content (AvgIpc) is 2.26. The molecule has 3 nitrogen and oxygen atoms in total. The fourth-order valence-corrected chi connectivity index (χ4v) is 1.73. The Hall–Kier alpha value is -1.35. The van der Waals surface area contributed by atoms with E-state index in [9.17, 15) is 4.79 Å². The first-order valence-corrected chi connectivity index (χ1v) is 6.04. The molecule has 0 fully saturated rings. The number of benzene rings is 1. The highest BCUT2D eigenvalue weighted by molar-refractivity contribution is 5.75. The van der Waals surface area contributed by atoms with Crippen LogP contribution in [0, 0.1) is 0 Å². The second-order valence-electron chi connectivity index (χ2n) is 4.85. The summed E-state index contributed by atoms with van der Waals surface area (Å²) in [5.41, 5.74) is 7.79. The number of rotatable bonds is 6. The first-order chi connectivity index (χ1) is 7.99. The van der Waals surface area contributed by atoms with Gasteiger partial charge in [-0.2, -0.15) is 0 Å². The van der Waals surface area contributed by atoms with Crippen LogP contribution in [0.3, 0.4) is 0 Å². The van der Waals surface area contributed by atoms with Crippen LogP contribution in [0.4, 0.5) is 0 Å². The summed E-state index contributed by atoms with van der Waals surface area (Å²) in [6.07, 6.45) is 0.947. The van der Waals surface area contributed by atoms with Gasteiger partial charge in [-0.05, 0) is 30.5 Å². The quantitative estimate of drug-likeness (QED) is 0.815. The zero-order valence-electron chi connectivity index (χ0n) is 10.9. The number of nitrogens with two attached hydrogens (primary N) is 1. The third kappa shape index (κ3) is 5.00. The monoisotopic (exact) mass is 234 g/mol. The molecule has 0 spiro atoms. The summed E-state index contributed by atoms with van der Waals surface area (Å²) < 4.78 is 0. The predicted molar refractivity (Wildman–Crippen MR) is 70.9 cm³/mol. The van der Waals surface area contributed by atoms with Crippen LogP contribution < -0.4 is 5.73 Å². The van der Waals surface area contributed by atoms with Crippen LogP contribution >= 0.6 is 0 Å². The maximum Gasteiger partial charge on any atom is 0.231 e. The molecule has 0 bridgehead atoms. The first-order valence-electron chi connectivity index (χ1n) is 6.04. The topological polar surface area (TPSA) is 46.3 Å². The lowest BCUT2D eigenvalue weighted by Crippen LogP contribution is -2.32. The van der Waals surface area contributed by atoms with Crippen molar-refractivity contribution >= 4 is 5.91 Å². The molecular formula is C14H22N2O. The van der Waals surface area contributed by atoms with Gasteiger partial charge in [-0.3, -0.25) is 9.69 Å². The maximum atomic E-state index is 10.7. The van der Waals surface area contributed by atoms with E-state index in [0.29, 0.717) is 12.5 Å². The second-order valence-corrected chi connectivity index (χ2v) is 4.85. The van der Waals surface area contributed by atoms with Gasteiger partial charge in [0.15, 0.2) is 0 Å². The SMILES string of the molecule is CC(C)c1ccc(CCN(C)CC(N)=O)cc1. The Morgan fingerprint density at radius 1 is 1.29 bits per heavy atom. The van der Waals surface area contributed by atoms with Gasteiger partial charge in [-0.15, -0.1) is 0 Å². The third-order valence-electron chi connectivity index (χ3n) is 2.85. The van der Waals surface area contributed by atoms with Gasteiger partial charge in [0.1, 0.15) is 0 Å². The average molecular weight is 234 g/mol. The van der Waals surface area contributed by atoms with Crippen LogP contribution in [0.1, 0.15) is 30.9 Å². The molecule has 0 aromatic heterocycles. The van der Waals surface area contributed by atoms with E-state index >= 15 is 0 Å². The molecule has 1 aromatic carbocycles. The molecule has 1 rings (SSSR count). The Balaban J connectivity index is 2.44. The fourth-order valence-electron chi connectivity index (χ4n) is 1.73. The number of hydrogen-bond donors (Lipinski definition) is 1. The van der Waals surface area contributed by atoms with E-state index in [-0.39, 0.29) is 5.91 Å². The van der Waals surface area contributed by atoms with E-state index in [0.717, 1.165) is 13.0 Å². The van der Waals surface area contributed by atoms with Crippen molar-refractivity contribution in [2.75, 3.05) is 20.1 Å². The van der Waals surface area contributed by atoms with E-state index < -0.39 is 0 Å². The molecule has 0 atom stereocenters. The van der Waals surface area contributed by atoms with Gasteiger partial charge >= 0.3 is 0 Å². The molecule has 94 valence electrons. The predicted octanol–water partition coefficient (Wildman–Crippen LogP) is 1.77. The van der Waals surface area contributed by atoms with E-state index in [1.165, 1.54) is 11.1 Å². The summed E-state index contributed by atoms with van der Waals surface area (Å²) in [4.78, 5) is 12.7. The number of likely N-dealkylation sites (N-methyl/N-ethyl adjacent to an activating group) is 1. The normalized spacial score (nSPS) is 11.1. The van der Waals surface area contributed by atoms with E-state index in [2.05, 4.69) is 38.1 Å². The van der Waals surface area contributed by atoms with Crippen molar-refractivity contribution in [1.82, 2.24) is 4.90 Å². The van der Waals surface area contributed by atoms with Crippen LogP contribution in [0.5, 0.6) is 0 Å². The fraction of sp³-hybridized carbons (Fsp3) is 0.500. The Labute approximate surface area is 104 Å². The number of amides is 1. The van der Waals surface area contributed by atoms with Gasteiger partial charge in [-0.25, -0.2) is 0 Å². The molecule has 0 heterocycles. The lowest BCUT2D eigenvalue weighted by Gasteiger charge is -2.14. The zero-order chi connectivity index (χ0) is 12.8. The van der Waals surface area contributed by atoms with Gasteiger partial charge in [-0.1, -0.05) is 38.1 Å². The Morgan fingerprint density at radius 3 is 2.35 bits per heavy atom. The van der Waals surface area contributed by atoms with Crippen molar-refractivity contribution in [3.05, 3.63) is 35.4 Å². The number of nitrogens with zero attached hydrogens (tertiary/aromatic N) is 1. The summed E-state index contributed by atoms with van der Waals surface area (Å²) in [6, 6.07) is 8.67. The minimum absolute atomic E-state index is 0.275. The van der Waals surface area contributed by atoms with Crippen LogP contribution in [-0.4, -0.2) is 30.9 Å². The highest BCUT2D eigenvalue weighted by Crippen LogP contribution is 2.14. The van der Waals surface area contributed by atoms with Crippen molar-refractivity contribution in [3.63, 3.8) is 0 Å². The van der Waals surface area contributed by atoms with Crippen molar-refractivity contribution in [1.29, 1.82) is 0 Å². The molecule has 0 radical (unpaired) electrons. The third-order valence-corrected chi connectivity index (χ3v) is 2.85. The van der Waals surface area contributed by atoms with Crippen LogP contribution in [0.25, 0.3) is 0 Å². The Morgan fingerprint density at radius 2 is 1.88 bits per heavy atom. The molecule has 3 heteroatoms. The lowest BCUT2D eigenvalue weighted by atomic mass is 10.0. The van der Waals surface area contributed by atoms with Crippen molar-refractivity contribution < 1.29 is 4.79 Å². The molecule has 0 aliphatic heterocycles. The minimum atomic E-state index is -0.275. The van der Waals surface area contributed by atoms with Crippen LogP contribution in [-0.2, 0) is 11.2 Å². The minimum Gasteiger partial charge on any atom is -0.369 e. The van der Waals surface area contributed by atoms with E-state index in [1.807, 2.05) is 11.9 Å². The standard InChI is InChI=1S/C14H22N2O/c1-11(2)13-6-4-12(5-7-13)8-9-16(3)10-14(15)17/h4-7,11H,8-10H2,1-3H3,(H2,15,17). The molecule has 0 aliphatic carbocycles. The van der Waals surface area contributed by atoms with Crippen LogP contribution in [0.15, 0.2) is 24.3 Å². The molecule has 1 aromatic rings. The zero-order valence-corrected chi connectivity index (χ0v) is 10.9. The molecule has 1 amide bonds. The summed E-state index contributed by atoms with van der Waals surface area (Å²) in [7, 11) is 1.91. The Kier molecular flexibility index (Phi) is 5.16. The largest absolute Gasteiger partial charge is 0.369 e. The number of carbonyl (C=O) groups is 1. The highest BCUT2D eigenvalue weighted by atomic mass is 16.1. The molecular weight excluding hydrogens is 212 g/mol. The second kappa shape index (κ2) is 6.40. The summed E-state index contributed by atoms with van der Waals surface area (Å²) in [5.74, 6) is 0.296. The summed E-state index contributed by atoms with van der Waals surface area (Å²) >= 11 is 0. The van der Waals surface area contributed by atoms with Gasteiger partial charge in [0.2, 0.25) is 5.91 Å². The molecule has 0 unspecified atom stereocenters. The first kappa shape index (κ1) is 13.7. The smallest absolute Gasteiger partial charge is 0.231 e. The lowest BCUT2D eigenvalue weighted by molar-refractivity contribution is -0.118. The van der Waals surface area contributed by atoms with Gasteiger partial charge in [0.05, 0.1) is 6.54 Å². The molecule has 2 N–H and O–H groups in total. The number of primary amides is 1. The van der Waals surface area contributed by atoms with Gasteiger partial charge in [0, 0.05) is 6.54 Å². The van der Waals surface area contributed by atoms with Crippen molar-refractivity contribution in [2.45, 2.75) is 26.2 Å². The summed E-state index contributed by atoms with van der Waals surface area (Å²) in [6.45, 7) is 5.55. The van der Waals surface area contributed by atoms with Crippen molar-refractivity contribution in [2.24, 2.45) is 5.73 Å². The van der Waals surface area contributed by atoms with E-state index in [1.54, 1.807) is 0 Å². The molecule has 0 saturated carbocycles. The molecule has 17 heavy (non-hydrogen) atoms. The number of hydrogen-bond acceptors (Lipinski definition) is 2. The van der Waals surface area contributed by atoms with Gasteiger partial charge in [0.25, 0.3) is 0 Å². The highest BCUT2D eigenvalue weighted by Gasteiger charge is 2.03. The molecule has 0 aliphatic rings. The molecule has 0 saturated heterocycles. The maximum absolute atomic E-state index is 10.7. The summed E-state index contributed by atoms with van der Waals surface area (Å²) in [5, 5.41) is 0. The number of carbonyl (C=O) groups excluding carboxylic acids is 1. The Bertz CT molecular complexity index is 357. The van der Waals surface area contributed by atoms with Gasteiger partial charge < -0.3 is 5.73 Å². The van der Waals surface area contributed by atoms with Crippen molar-refractivity contribution in [3.8, 4) is 0 Å². The van der Waals surface area contributed by atoms with Crippen LogP contribution in [0.2, 0.25) is 0 Å².